The van der Waals surface area contributed by atoms with Gasteiger partial charge in [0.2, 0.25) is 0 Å². The number of nitrogens with one attached hydrogen (secondary N) is 3. The van der Waals surface area contributed by atoms with E-state index < -0.39 is 71.5 Å². The number of ketones is 1. The molecule has 5 rings (SSSR count). The number of benzene rings is 1. The largest absolute Gasteiger partial charge is 0.458 e. The van der Waals surface area contributed by atoms with Crippen molar-refractivity contribution in [3.63, 3.8) is 0 Å². The van der Waals surface area contributed by atoms with Gasteiger partial charge in [0.25, 0.3) is 0 Å². The molecule has 1 aromatic heterocycles. The average Bonchev–Trinajstić information content (AvgIpc) is 3.48. The van der Waals surface area contributed by atoms with Crippen molar-refractivity contribution >= 4 is 28.9 Å². The van der Waals surface area contributed by atoms with Gasteiger partial charge in [-0.15, -0.1) is 0 Å². The molecule has 15 heteroatoms. The van der Waals surface area contributed by atoms with Crippen LogP contribution in [0.25, 0.3) is 11.0 Å². The molecule has 15 nitrogen and oxygen atoms in total. The number of Topliss-reactive ketones (excluding diaryl/α,β-unsaturated/α-hetero) is 1. The topological polar surface area (TPSA) is 183 Å². The summed E-state index contributed by atoms with van der Waals surface area (Å²) in [5.41, 5.74) is 0.451. The third kappa shape index (κ3) is 9.46. The highest BCUT2D eigenvalue weighted by molar-refractivity contribution is 6.00. The molecule has 4 heterocycles. The number of rotatable bonds is 9. The molecule has 3 unspecified atom stereocenters. The zero-order chi connectivity index (χ0) is 40.2. The number of hydrogen-bond donors (Lipinski definition) is 4. The van der Waals surface area contributed by atoms with Gasteiger partial charge in [-0.05, 0) is 91.2 Å². The van der Waals surface area contributed by atoms with Crippen molar-refractivity contribution in [2.24, 2.45) is 17.8 Å². The Hall–Kier alpha value is -3.31. The van der Waals surface area contributed by atoms with Crippen LogP contribution in [0.1, 0.15) is 73.3 Å². The molecule has 0 spiro atoms. The Morgan fingerprint density at radius 3 is 2.45 bits per heavy atom. The molecule has 13 atom stereocenters. The fraction of sp³-hybridized carbons (Fsp3) is 0.725. The Labute approximate surface area is 324 Å². The number of aromatic nitrogens is 2. The summed E-state index contributed by atoms with van der Waals surface area (Å²) in [6.07, 6.45) is -0.134. The van der Waals surface area contributed by atoms with E-state index in [1.807, 2.05) is 58.0 Å². The Morgan fingerprint density at radius 2 is 1.78 bits per heavy atom. The van der Waals surface area contributed by atoms with Crippen LogP contribution in [0.5, 0.6) is 0 Å². The Bertz CT molecular complexity index is 1650. The minimum absolute atomic E-state index is 0.00255. The fourth-order valence-electron chi connectivity index (χ4n) is 8.65. The van der Waals surface area contributed by atoms with E-state index in [1.54, 1.807) is 33.4 Å². The van der Waals surface area contributed by atoms with Gasteiger partial charge >= 0.3 is 12.1 Å². The van der Waals surface area contributed by atoms with Gasteiger partial charge in [0, 0.05) is 50.6 Å². The van der Waals surface area contributed by atoms with Gasteiger partial charge < -0.3 is 49.6 Å². The number of methoxy groups -OCH3 is 1. The summed E-state index contributed by atoms with van der Waals surface area (Å²) in [6, 6.07) is 4.88. The Kier molecular flexibility index (Phi) is 13.9. The number of hydrogen-bond acceptors (Lipinski definition) is 14. The first-order valence-electron chi connectivity index (χ1n) is 19.6. The zero-order valence-corrected chi connectivity index (χ0v) is 34.0. The molecule has 0 bridgehead atoms. The molecule has 3 aliphatic heterocycles. The number of esters is 1. The maximum Gasteiger partial charge on any atom is 0.408 e. The maximum absolute atomic E-state index is 14.3. The molecule has 0 radical (unpaired) electrons. The number of nitrogens with zero attached hydrogens (tertiary/aromatic N) is 3. The van der Waals surface area contributed by atoms with E-state index >= 15 is 0 Å². The number of carbonyl (C=O) groups excluding carboxylic acids is 3. The number of aliphatic hydroxyl groups excluding tert-OH is 1. The summed E-state index contributed by atoms with van der Waals surface area (Å²) in [5.74, 6) is -3.18. The average molecular weight is 771 g/mol. The van der Waals surface area contributed by atoms with Crippen molar-refractivity contribution in [3.05, 3.63) is 36.2 Å². The molecule has 55 heavy (non-hydrogen) atoms. The van der Waals surface area contributed by atoms with Crippen LogP contribution in [0.15, 0.2) is 30.6 Å². The number of carbonyl (C=O) groups is 3. The first-order valence-corrected chi connectivity index (χ1v) is 19.6. The monoisotopic (exact) mass is 770 g/mol. The van der Waals surface area contributed by atoms with Crippen molar-refractivity contribution < 1.29 is 43.2 Å². The molecule has 1 aromatic carbocycles. The summed E-state index contributed by atoms with van der Waals surface area (Å²) in [6.45, 7) is 14.4. The SMILES string of the molecule is CC[C@@H]1OC(=O)C(C)C(=O)[C@H](C)[C@@H](O[C@@H]2O[C@H](CNCc3ccc4nccnc4c3)CC(N(C)C)C2O)[C@](C)(OC)C[C@@H](C)CN[C@H](C)[C@H]2NC(=O)O[C@]12C. The minimum atomic E-state index is -1.18. The summed E-state index contributed by atoms with van der Waals surface area (Å²) >= 11 is 0. The molecule has 1 amide bonds. The van der Waals surface area contributed by atoms with Gasteiger partial charge in [-0.25, -0.2) is 4.79 Å². The van der Waals surface area contributed by atoms with Crippen molar-refractivity contribution in [1.29, 1.82) is 0 Å². The molecule has 2 aromatic rings. The van der Waals surface area contributed by atoms with Crippen LogP contribution in [0.2, 0.25) is 0 Å². The van der Waals surface area contributed by atoms with E-state index in [2.05, 4.69) is 32.8 Å². The second-order valence-electron chi connectivity index (χ2n) is 16.4. The van der Waals surface area contributed by atoms with E-state index in [0.29, 0.717) is 38.9 Å². The number of likely N-dealkylation sites (N-methyl/N-ethyl adjacent to an activating group) is 1. The molecule has 0 aliphatic carbocycles. The third-order valence-electron chi connectivity index (χ3n) is 11.9. The highest BCUT2D eigenvalue weighted by Crippen LogP contribution is 2.37. The van der Waals surface area contributed by atoms with Crippen molar-refractivity contribution in [3.8, 4) is 0 Å². The first kappa shape index (κ1) is 42.8. The molecule has 4 N–H and O–H groups in total. The summed E-state index contributed by atoms with van der Waals surface area (Å²) in [5, 5.41) is 21.7. The molecular weight excluding hydrogens is 708 g/mol. The number of alkyl carbamates (subject to hydrolysis) is 1. The van der Waals surface area contributed by atoms with Crippen molar-refractivity contribution in [2.75, 3.05) is 34.3 Å². The van der Waals surface area contributed by atoms with Gasteiger partial charge in [-0.3, -0.25) is 19.6 Å². The maximum atomic E-state index is 14.3. The smallest absolute Gasteiger partial charge is 0.408 e. The molecule has 3 fully saturated rings. The summed E-state index contributed by atoms with van der Waals surface area (Å²) in [7, 11) is 5.39. The zero-order valence-electron chi connectivity index (χ0n) is 34.0. The second-order valence-corrected chi connectivity index (χ2v) is 16.4. The predicted molar refractivity (Wildman–Crippen MR) is 205 cm³/mol. The third-order valence-corrected chi connectivity index (χ3v) is 11.9. The number of aliphatic hydroxyl groups is 1. The molecule has 3 saturated heterocycles. The minimum Gasteiger partial charge on any atom is -0.458 e. The van der Waals surface area contributed by atoms with Gasteiger partial charge in [0.1, 0.15) is 18.1 Å². The Morgan fingerprint density at radius 1 is 1.07 bits per heavy atom. The standard InChI is InChI=1S/C40H62N6O9/c1-11-31-40(7)34(45-38(50)55-40)25(5)44-19-22(2)18-39(6,51-10)35(23(3)32(47)24(4)36(49)53-31)54-37-33(48)30(46(8)9)17-27(52-37)21-41-20-26-12-13-28-29(16-26)43-15-14-42-28/h12-16,22-25,27,30-31,33-35,37,41,44,48H,11,17-21H2,1-10H3,(H,45,50)/t22-,23+,24?,25-,27+,30?,31+,33?,34-,35-,37+,39-,40-/m1/s1. The molecular formula is C40H62N6O9. The number of amides is 1. The van der Waals surface area contributed by atoms with Crippen LogP contribution in [0.3, 0.4) is 0 Å². The first-order chi connectivity index (χ1) is 26.0. The molecule has 306 valence electrons. The van der Waals surface area contributed by atoms with Crippen LogP contribution >= 0.6 is 0 Å². The van der Waals surface area contributed by atoms with E-state index in [-0.39, 0.29) is 24.1 Å². The van der Waals surface area contributed by atoms with Gasteiger partial charge in [-0.2, -0.15) is 0 Å². The fourth-order valence-corrected chi connectivity index (χ4v) is 8.65. The van der Waals surface area contributed by atoms with Crippen molar-refractivity contribution in [2.45, 2.75) is 134 Å². The van der Waals surface area contributed by atoms with Crippen LogP contribution in [0.4, 0.5) is 4.79 Å². The lowest BCUT2D eigenvalue weighted by atomic mass is 9.78. The van der Waals surface area contributed by atoms with Gasteiger partial charge in [0.05, 0.1) is 34.9 Å². The van der Waals surface area contributed by atoms with Crippen LogP contribution in [-0.2, 0) is 39.8 Å². The normalized spacial score (nSPS) is 38.1. The lowest BCUT2D eigenvalue weighted by molar-refractivity contribution is -0.297. The lowest BCUT2D eigenvalue weighted by Gasteiger charge is -2.47. The van der Waals surface area contributed by atoms with E-state index in [1.165, 1.54) is 6.92 Å². The number of fused-ring (bicyclic) bond motifs is 2. The van der Waals surface area contributed by atoms with Gasteiger partial charge in [-0.1, -0.05) is 26.8 Å². The highest BCUT2D eigenvalue weighted by Gasteiger charge is 2.55. The number of ether oxygens (including phenoxy) is 5. The van der Waals surface area contributed by atoms with E-state index in [9.17, 15) is 19.5 Å². The number of cyclic esters (lactones) is 1. The summed E-state index contributed by atoms with van der Waals surface area (Å²) < 4.78 is 31.3. The van der Waals surface area contributed by atoms with Crippen LogP contribution < -0.4 is 16.0 Å². The quantitative estimate of drug-likeness (QED) is 0.216. The lowest BCUT2D eigenvalue weighted by Crippen LogP contribution is -2.60. The Balaban J connectivity index is 1.40. The summed E-state index contributed by atoms with van der Waals surface area (Å²) in [4.78, 5) is 51.4. The second kappa shape index (κ2) is 17.9. The van der Waals surface area contributed by atoms with Gasteiger partial charge in [0.15, 0.2) is 17.7 Å². The highest BCUT2D eigenvalue weighted by atomic mass is 16.7. The van der Waals surface area contributed by atoms with E-state index in [4.69, 9.17) is 23.7 Å². The predicted octanol–water partition coefficient (Wildman–Crippen LogP) is 2.96. The van der Waals surface area contributed by atoms with Crippen LogP contribution in [0, 0.1) is 17.8 Å². The molecule has 3 aliphatic rings. The van der Waals surface area contributed by atoms with Crippen molar-refractivity contribution in [1.82, 2.24) is 30.8 Å². The van der Waals surface area contributed by atoms with Crippen LogP contribution in [-0.4, -0.2) is 132 Å². The molecule has 0 saturated carbocycles. The van der Waals surface area contributed by atoms with E-state index in [0.717, 1.165) is 16.6 Å².